The normalized spacial score (nSPS) is 24.6. The molecule has 0 spiro atoms. The Morgan fingerprint density at radius 2 is 1.88 bits per heavy atom. The minimum absolute atomic E-state index is 0.408. The van der Waals surface area contributed by atoms with E-state index < -0.39 is 0 Å². The summed E-state index contributed by atoms with van der Waals surface area (Å²) in [4.78, 5) is 0. The van der Waals surface area contributed by atoms with Crippen molar-refractivity contribution >= 4 is 0 Å². The van der Waals surface area contributed by atoms with Crippen LogP contribution in [0.15, 0.2) is 24.3 Å². The van der Waals surface area contributed by atoms with Gasteiger partial charge >= 0.3 is 0 Å². The van der Waals surface area contributed by atoms with Gasteiger partial charge in [0.1, 0.15) is 5.75 Å². The van der Waals surface area contributed by atoms with Gasteiger partial charge in [-0.1, -0.05) is 18.2 Å². The largest absolute Gasteiger partial charge is 0.490 e. The van der Waals surface area contributed by atoms with Gasteiger partial charge in [0.2, 0.25) is 0 Å². The number of nitrogens with two attached hydrogens (primary N) is 1. The fourth-order valence-corrected chi connectivity index (χ4v) is 2.64. The molecule has 0 aromatic heterocycles. The van der Waals surface area contributed by atoms with Gasteiger partial charge in [0.15, 0.2) is 0 Å². The first kappa shape index (κ1) is 12.4. The van der Waals surface area contributed by atoms with E-state index in [9.17, 15) is 0 Å². The van der Waals surface area contributed by atoms with Crippen molar-refractivity contribution in [2.75, 3.05) is 6.54 Å². The van der Waals surface area contributed by atoms with E-state index in [0.29, 0.717) is 6.10 Å². The number of benzene rings is 1. The first-order valence-electron chi connectivity index (χ1n) is 6.72. The second-order valence-electron chi connectivity index (χ2n) is 5.10. The molecule has 2 nitrogen and oxygen atoms in total. The Labute approximate surface area is 104 Å². The maximum absolute atomic E-state index is 6.08. The van der Waals surface area contributed by atoms with Crippen molar-refractivity contribution in [3.63, 3.8) is 0 Å². The summed E-state index contributed by atoms with van der Waals surface area (Å²) < 4.78 is 6.08. The molecule has 1 aromatic carbocycles. The summed E-state index contributed by atoms with van der Waals surface area (Å²) in [6.07, 6.45) is 6.49. The third-order valence-corrected chi connectivity index (χ3v) is 3.76. The molecule has 1 fully saturated rings. The van der Waals surface area contributed by atoms with Crippen LogP contribution in [0.5, 0.6) is 5.75 Å². The molecule has 0 heterocycles. The van der Waals surface area contributed by atoms with Crippen LogP contribution >= 0.6 is 0 Å². The number of aryl methyl sites for hydroxylation is 1. The number of ether oxygens (including phenoxy) is 1. The Morgan fingerprint density at radius 1 is 1.18 bits per heavy atom. The highest BCUT2D eigenvalue weighted by Crippen LogP contribution is 2.30. The number of hydrogen-bond acceptors (Lipinski definition) is 2. The minimum Gasteiger partial charge on any atom is -0.490 e. The van der Waals surface area contributed by atoms with Crippen LogP contribution in [0.3, 0.4) is 0 Å². The lowest BCUT2D eigenvalue weighted by molar-refractivity contribution is 0.128. The molecule has 1 aliphatic rings. The van der Waals surface area contributed by atoms with Crippen LogP contribution in [0.1, 0.15) is 37.7 Å². The van der Waals surface area contributed by atoms with Crippen molar-refractivity contribution in [2.24, 2.45) is 11.7 Å². The average molecular weight is 233 g/mol. The quantitative estimate of drug-likeness (QED) is 0.866. The molecule has 0 radical (unpaired) electrons. The Bertz CT molecular complexity index is 343. The molecule has 0 unspecified atom stereocenters. The molecular formula is C15H23NO. The van der Waals surface area contributed by atoms with Crippen LogP contribution < -0.4 is 10.5 Å². The van der Waals surface area contributed by atoms with Gasteiger partial charge < -0.3 is 10.5 Å². The van der Waals surface area contributed by atoms with Crippen molar-refractivity contribution in [1.29, 1.82) is 0 Å². The Hall–Kier alpha value is -1.02. The van der Waals surface area contributed by atoms with Gasteiger partial charge in [-0.2, -0.15) is 0 Å². The van der Waals surface area contributed by atoms with Crippen LogP contribution in [-0.4, -0.2) is 12.6 Å². The molecule has 1 aromatic rings. The molecule has 17 heavy (non-hydrogen) atoms. The van der Waals surface area contributed by atoms with E-state index in [1.807, 2.05) is 6.07 Å². The van der Waals surface area contributed by atoms with Crippen LogP contribution in [0.2, 0.25) is 0 Å². The first-order valence-corrected chi connectivity index (χ1v) is 6.72. The molecule has 0 atom stereocenters. The van der Waals surface area contributed by atoms with E-state index >= 15 is 0 Å². The predicted molar refractivity (Wildman–Crippen MR) is 71.2 cm³/mol. The lowest BCUT2D eigenvalue weighted by Gasteiger charge is -2.29. The number of rotatable bonds is 4. The van der Waals surface area contributed by atoms with Gasteiger partial charge in [0, 0.05) is 0 Å². The highest BCUT2D eigenvalue weighted by Gasteiger charge is 2.22. The molecule has 1 saturated carbocycles. The Kier molecular flexibility index (Phi) is 4.43. The van der Waals surface area contributed by atoms with Crippen LogP contribution in [0, 0.1) is 12.8 Å². The molecule has 2 heteroatoms. The average Bonchev–Trinajstić information content (AvgIpc) is 2.35. The SMILES string of the molecule is Cc1ccccc1OC1CCC(CCN)CC1. The van der Waals surface area contributed by atoms with E-state index in [1.54, 1.807) is 0 Å². The summed E-state index contributed by atoms with van der Waals surface area (Å²) in [5.41, 5.74) is 6.84. The second-order valence-corrected chi connectivity index (χ2v) is 5.10. The Balaban J connectivity index is 1.84. The minimum atomic E-state index is 0.408. The smallest absolute Gasteiger partial charge is 0.122 e. The van der Waals surface area contributed by atoms with Crippen LogP contribution in [-0.2, 0) is 0 Å². The summed E-state index contributed by atoms with van der Waals surface area (Å²) in [6, 6.07) is 8.28. The maximum Gasteiger partial charge on any atom is 0.122 e. The van der Waals surface area contributed by atoms with Gasteiger partial charge in [-0.3, -0.25) is 0 Å². The fraction of sp³-hybridized carbons (Fsp3) is 0.600. The zero-order chi connectivity index (χ0) is 12.1. The third-order valence-electron chi connectivity index (χ3n) is 3.76. The van der Waals surface area contributed by atoms with E-state index in [1.165, 1.54) is 37.7 Å². The topological polar surface area (TPSA) is 35.2 Å². The maximum atomic E-state index is 6.08. The monoisotopic (exact) mass is 233 g/mol. The van der Waals surface area contributed by atoms with Crippen molar-refractivity contribution in [1.82, 2.24) is 0 Å². The highest BCUT2D eigenvalue weighted by molar-refractivity contribution is 5.31. The van der Waals surface area contributed by atoms with Gasteiger partial charge in [0.05, 0.1) is 6.10 Å². The van der Waals surface area contributed by atoms with Crippen molar-refractivity contribution in [3.8, 4) is 5.75 Å². The van der Waals surface area contributed by atoms with Crippen LogP contribution in [0.4, 0.5) is 0 Å². The van der Waals surface area contributed by atoms with E-state index in [0.717, 1.165) is 18.2 Å². The molecule has 2 N–H and O–H groups in total. The molecule has 94 valence electrons. The number of hydrogen-bond donors (Lipinski definition) is 1. The predicted octanol–water partition coefficient (Wildman–Crippen LogP) is 3.28. The van der Waals surface area contributed by atoms with Gasteiger partial charge in [-0.15, -0.1) is 0 Å². The van der Waals surface area contributed by atoms with Gasteiger partial charge in [-0.25, -0.2) is 0 Å². The molecule has 0 aliphatic heterocycles. The van der Waals surface area contributed by atoms with Gasteiger partial charge in [0.25, 0.3) is 0 Å². The summed E-state index contributed by atoms with van der Waals surface area (Å²) in [7, 11) is 0. The zero-order valence-electron chi connectivity index (χ0n) is 10.7. The summed E-state index contributed by atoms with van der Waals surface area (Å²) in [6.45, 7) is 2.93. The highest BCUT2D eigenvalue weighted by atomic mass is 16.5. The van der Waals surface area contributed by atoms with E-state index in [2.05, 4.69) is 25.1 Å². The summed E-state index contributed by atoms with van der Waals surface area (Å²) >= 11 is 0. The van der Waals surface area contributed by atoms with Gasteiger partial charge in [-0.05, 0) is 63.1 Å². The summed E-state index contributed by atoms with van der Waals surface area (Å²) in [5.74, 6) is 1.88. The fourth-order valence-electron chi connectivity index (χ4n) is 2.64. The zero-order valence-corrected chi connectivity index (χ0v) is 10.7. The number of para-hydroxylation sites is 1. The van der Waals surface area contributed by atoms with Crippen molar-refractivity contribution < 1.29 is 4.74 Å². The molecule has 1 aliphatic carbocycles. The van der Waals surface area contributed by atoms with Crippen molar-refractivity contribution in [3.05, 3.63) is 29.8 Å². The molecule has 2 rings (SSSR count). The summed E-state index contributed by atoms with van der Waals surface area (Å²) in [5, 5.41) is 0. The van der Waals surface area contributed by atoms with Crippen molar-refractivity contribution in [2.45, 2.75) is 45.1 Å². The Morgan fingerprint density at radius 3 is 2.53 bits per heavy atom. The first-order chi connectivity index (χ1) is 8.29. The molecule has 0 bridgehead atoms. The molecule has 0 saturated heterocycles. The van der Waals surface area contributed by atoms with Crippen LogP contribution in [0.25, 0.3) is 0 Å². The lowest BCUT2D eigenvalue weighted by atomic mass is 9.85. The third kappa shape index (κ3) is 3.47. The van der Waals surface area contributed by atoms with E-state index in [-0.39, 0.29) is 0 Å². The second kappa shape index (κ2) is 6.06. The lowest BCUT2D eigenvalue weighted by Crippen LogP contribution is -2.25. The standard InChI is InChI=1S/C15H23NO/c1-12-4-2-3-5-15(12)17-14-8-6-13(7-9-14)10-11-16/h2-5,13-14H,6-11,16H2,1H3. The van der Waals surface area contributed by atoms with E-state index in [4.69, 9.17) is 10.5 Å². The molecular weight excluding hydrogens is 210 g/mol. The molecule has 0 amide bonds.